The highest BCUT2D eigenvalue weighted by molar-refractivity contribution is 8.04. The molecular weight excluding hydrogens is 256 g/mol. The lowest BCUT2D eigenvalue weighted by Gasteiger charge is -2.24. The zero-order chi connectivity index (χ0) is 14.0. The average molecular weight is 276 g/mol. The molecule has 0 amide bonds. The van der Waals surface area contributed by atoms with E-state index < -0.39 is 0 Å². The Bertz CT molecular complexity index is 507. The standard InChI is InChI=1S/C15H20N2OS/c1-5-12-6-8-13(9-7-12)16-15-17(4)10(2)14(19-15)11(3)18/h6-9,15-16H,5H2,1-4H3. The van der Waals surface area contributed by atoms with Gasteiger partial charge in [0.25, 0.3) is 0 Å². The average Bonchev–Trinajstić information content (AvgIpc) is 2.68. The number of carbonyl (C=O) groups excluding carboxylic acids is 1. The summed E-state index contributed by atoms with van der Waals surface area (Å²) in [5.74, 6) is 0.139. The molecule has 0 aromatic heterocycles. The first-order valence-electron chi connectivity index (χ1n) is 6.49. The van der Waals surface area contributed by atoms with Gasteiger partial charge in [0.2, 0.25) is 0 Å². The highest BCUT2D eigenvalue weighted by Crippen LogP contribution is 2.37. The van der Waals surface area contributed by atoms with Gasteiger partial charge in [-0.3, -0.25) is 4.79 Å². The largest absolute Gasteiger partial charge is 0.356 e. The number of benzene rings is 1. The number of hydrogen-bond acceptors (Lipinski definition) is 4. The third-order valence-electron chi connectivity index (χ3n) is 3.41. The minimum absolute atomic E-state index is 0.0892. The molecule has 19 heavy (non-hydrogen) atoms. The predicted molar refractivity (Wildman–Crippen MR) is 82.0 cm³/mol. The van der Waals surface area contributed by atoms with Gasteiger partial charge in [-0.2, -0.15) is 0 Å². The number of allylic oxidation sites excluding steroid dienone is 2. The highest BCUT2D eigenvalue weighted by Gasteiger charge is 2.29. The summed E-state index contributed by atoms with van der Waals surface area (Å²) in [6, 6.07) is 8.45. The molecule has 0 saturated carbocycles. The summed E-state index contributed by atoms with van der Waals surface area (Å²) in [5.41, 5.74) is 3.54. The summed E-state index contributed by atoms with van der Waals surface area (Å²) in [6.07, 6.45) is 1.05. The van der Waals surface area contributed by atoms with Crippen LogP contribution in [0.2, 0.25) is 0 Å². The van der Waals surface area contributed by atoms with Gasteiger partial charge in [-0.1, -0.05) is 30.8 Å². The molecule has 0 bridgehead atoms. The van der Waals surface area contributed by atoms with Crippen molar-refractivity contribution in [3.05, 3.63) is 40.4 Å². The molecule has 2 rings (SSSR count). The zero-order valence-corrected chi connectivity index (χ0v) is 12.7. The SMILES string of the molecule is CCc1ccc(NC2SC(C(C)=O)=C(C)N2C)cc1. The van der Waals surface area contributed by atoms with Crippen LogP contribution in [0.3, 0.4) is 0 Å². The van der Waals surface area contributed by atoms with Crippen molar-refractivity contribution in [3.63, 3.8) is 0 Å². The first-order chi connectivity index (χ1) is 9.02. The van der Waals surface area contributed by atoms with Gasteiger partial charge in [0.05, 0.1) is 4.91 Å². The first-order valence-corrected chi connectivity index (χ1v) is 7.37. The number of thioether (sulfide) groups is 1. The quantitative estimate of drug-likeness (QED) is 0.913. The maximum atomic E-state index is 11.6. The summed E-state index contributed by atoms with van der Waals surface area (Å²) in [5, 5.41) is 3.45. The molecule has 0 spiro atoms. The molecule has 3 nitrogen and oxygen atoms in total. The molecule has 0 aliphatic carbocycles. The number of rotatable bonds is 4. The molecule has 0 radical (unpaired) electrons. The fraction of sp³-hybridized carbons (Fsp3) is 0.400. The topological polar surface area (TPSA) is 32.3 Å². The van der Waals surface area contributed by atoms with Crippen LogP contribution in [0.5, 0.6) is 0 Å². The molecule has 1 atom stereocenters. The Morgan fingerprint density at radius 1 is 1.37 bits per heavy atom. The summed E-state index contributed by atoms with van der Waals surface area (Å²) in [4.78, 5) is 14.5. The fourth-order valence-electron chi connectivity index (χ4n) is 2.06. The Kier molecular flexibility index (Phi) is 4.20. The molecule has 1 aliphatic heterocycles. The molecule has 0 fully saturated rings. The lowest BCUT2D eigenvalue weighted by molar-refractivity contribution is -0.113. The number of nitrogens with one attached hydrogen (secondary N) is 1. The zero-order valence-electron chi connectivity index (χ0n) is 11.9. The van der Waals surface area contributed by atoms with Crippen molar-refractivity contribution in [3.8, 4) is 0 Å². The van der Waals surface area contributed by atoms with Crippen molar-refractivity contribution >= 4 is 23.2 Å². The van der Waals surface area contributed by atoms with Crippen LogP contribution in [0.1, 0.15) is 26.3 Å². The van der Waals surface area contributed by atoms with E-state index in [1.165, 1.54) is 5.56 Å². The third-order valence-corrected chi connectivity index (χ3v) is 4.89. The molecule has 1 aromatic carbocycles. The number of Topliss-reactive ketones (excluding diaryl/α,β-unsaturated/α-hetero) is 1. The molecule has 1 aromatic rings. The normalized spacial score (nSPS) is 18.9. The number of hydrogen-bond donors (Lipinski definition) is 1. The van der Waals surface area contributed by atoms with E-state index in [-0.39, 0.29) is 11.3 Å². The summed E-state index contributed by atoms with van der Waals surface area (Å²) < 4.78 is 0. The van der Waals surface area contributed by atoms with Crippen LogP contribution in [0.25, 0.3) is 0 Å². The molecule has 0 saturated heterocycles. The van der Waals surface area contributed by atoms with Gasteiger partial charge in [-0.25, -0.2) is 0 Å². The van der Waals surface area contributed by atoms with E-state index in [2.05, 4.69) is 41.4 Å². The first kappa shape index (κ1) is 14.0. The molecule has 1 unspecified atom stereocenters. The third kappa shape index (κ3) is 2.95. The number of anilines is 1. The van der Waals surface area contributed by atoms with Crippen LogP contribution < -0.4 is 5.32 Å². The van der Waals surface area contributed by atoms with Crippen molar-refractivity contribution in [1.29, 1.82) is 0 Å². The lowest BCUT2D eigenvalue weighted by atomic mass is 10.1. The Labute approximate surface area is 119 Å². The maximum absolute atomic E-state index is 11.6. The Hall–Kier alpha value is -1.42. The van der Waals surface area contributed by atoms with Crippen molar-refractivity contribution in [2.24, 2.45) is 0 Å². The van der Waals surface area contributed by atoms with Crippen LogP contribution >= 0.6 is 11.8 Å². The number of aryl methyl sites for hydroxylation is 1. The Morgan fingerprint density at radius 3 is 2.47 bits per heavy atom. The highest BCUT2D eigenvalue weighted by atomic mass is 32.2. The van der Waals surface area contributed by atoms with Crippen molar-refractivity contribution < 1.29 is 4.79 Å². The minimum Gasteiger partial charge on any atom is -0.356 e. The van der Waals surface area contributed by atoms with E-state index in [0.29, 0.717) is 0 Å². The second kappa shape index (κ2) is 5.70. The predicted octanol–water partition coefficient (Wildman–Crippen LogP) is 3.44. The molecular formula is C15H20N2OS. The minimum atomic E-state index is 0.0892. The van der Waals surface area contributed by atoms with Gasteiger partial charge < -0.3 is 10.2 Å². The van der Waals surface area contributed by atoms with Gasteiger partial charge in [0, 0.05) is 18.4 Å². The van der Waals surface area contributed by atoms with E-state index in [9.17, 15) is 4.79 Å². The number of carbonyl (C=O) groups is 1. The van der Waals surface area contributed by atoms with Crippen LogP contribution in [-0.2, 0) is 11.2 Å². The van der Waals surface area contributed by atoms with E-state index in [0.717, 1.165) is 22.7 Å². The smallest absolute Gasteiger partial charge is 0.168 e. The van der Waals surface area contributed by atoms with Gasteiger partial charge in [-0.05, 0) is 38.0 Å². The number of ketones is 1. The van der Waals surface area contributed by atoms with E-state index in [1.807, 2.05) is 14.0 Å². The van der Waals surface area contributed by atoms with Gasteiger partial charge in [-0.15, -0.1) is 0 Å². The van der Waals surface area contributed by atoms with Gasteiger partial charge in [0.1, 0.15) is 0 Å². The second-order valence-electron chi connectivity index (χ2n) is 4.75. The lowest BCUT2D eigenvalue weighted by Crippen LogP contribution is -2.30. The van der Waals surface area contributed by atoms with E-state index in [1.54, 1.807) is 18.7 Å². The van der Waals surface area contributed by atoms with Gasteiger partial charge >= 0.3 is 0 Å². The maximum Gasteiger partial charge on any atom is 0.168 e. The summed E-state index contributed by atoms with van der Waals surface area (Å²) in [6.45, 7) is 5.76. The Morgan fingerprint density at radius 2 is 2.00 bits per heavy atom. The van der Waals surface area contributed by atoms with Crippen LogP contribution in [0.15, 0.2) is 34.9 Å². The van der Waals surface area contributed by atoms with Crippen molar-refractivity contribution in [1.82, 2.24) is 4.90 Å². The number of nitrogens with zero attached hydrogens (tertiary/aromatic N) is 1. The Balaban J connectivity index is 2.07. The fourth-order valence-corrected chi connectivity index (χ4v) is 3.27. The van der Waals surface area contributed by atoms with Crippen molar-refractivity contribution in [2.45, 2.75) is 32.7 Å². The van der Waals surface area contributed by atoms with Crippen LogP contribution in [0, 0.1) is 0 Å². The van der Waals surface area contributed by atoms with E-state index in [4.69, 9.17) is 0 Å². The summed E-state index contributed by atoms with van der Waals surface area (Å²) >= 11 is 1.58. The molecule has 4 heteroatoms. The molecule has 1 N–H and O–H groups in total. The monoisotopic (exact) mass is 276 g/mol. The van der Waals surface area contributed by atoms with Crippen LogP contribution in [-0.4, -0.2) is 23.2 Å². The molecule has 1 heterocycles. The van der Waals surface area contributed by atoms with E-state index >= 15 is 0 Å². The molecule has 1 aliphatic rings. The van der Waals surface area contributed by atoms with Gasteiger partial charge in [0.15, 0.2) is 11.3 Å². The molecule has 102 valence electrons. The second-order valence-corrected chi connectivity index (χ2v) is 5.84. The van der Waals surface area contributed by atoms with Crippen LogP contribution in [0.4, 0.5) is 5.69 Å². The summed E-state index contributed by atoms with van der Waals surface area (Å²) in [7, 11) is 2.01. The van der Waals surface area contributed by atoms with Crippen molar-refractivity contribution in [2.75, 3.05) is 12.4 Å².